The van der Waals surface area contributed by atoms with Crippen LogP contribution < -0.4 is 20.7 Å². The number of ether oxygens (including phenoxy) is 2. The molecule has 0 saturated heterocycles. The molecule has 0 aliphatic heterocycles. The Kier molecular flexibility index (Phi) is 5.70. The Balaban J connectivity index is 1.64. The highest BCUT2D eigenvalue weighted by atomic mass is 35.5. The van der Waals surface area contributed by atoms with Gasteiger partial charge in [-0.05, 0) is 23.8 Å². The summed E-state index contributed by atoms with van der Waals surface area (Å²) in [6.45, 7) is 0. The molecule has 3 aromatic carbocycles. The highest BCUT2D eigenvalue weighted by Gasteiger charge is 2.35. The van der Waals surface area contributed by atoms with E-state index in [0.29, 0.717) is 21.9 Å². The minimum atomic E-state index is -1.45. The van der Waals surface area contributed by atoms with E-state index in [-0.39, 0.29) is 55.2 Å². The van der Waals surface area contributed by atoms with E-state index in [9.17, 15) is 19.8 Å². The minimum absolute atomic E-state index is 0.0164. The molecule has 0 saturated carbocycles. The van der Waals surface area contributed by atoms with E-state index in [1.165, 1.54) is 38.9 Å². The smallest absolute Gasteiger partial charge is 0.344 e. The van der Waals surface area contributed by atoms with E-state index in [2.05, 4.69) is 0 Å². The van der Waals surface area contributed by atoms with Crippen molar-refractivity contribution in [1.29, 1.82) is 0 Å². The number of halogens is 1. The Hall–Kier alpha value is -5.35. The van der Waals surface area contributed by atoms with Crippen LogP contribution in [0.25, 0.3) is 43.9 Å². The van der Waals surface area contributed by atoms with Crippen molar-refractivity contribution in [3.8, 4) is 23.0 Å². The topological polar surface area (TPSA) is 146 Å². The fraction of sp³-hybridized carbons (Fsp3) is 0.0968. The highest BCUT2D eigenvalue weighted by Crippen LogP contribution is 2.49. The maximum Gasteiger partial charge on any atom is 0.344 e. The number of hydrogen-bond acceptors (Lipinski definition) is 10. The normalized spacial score (nSPS) is 11.8. The van der Waals surface area contributed by atoms with Gasteiger partial charge in [0.1, 0.15) is 56.1 Å². The van der Waals surface area contributed by atoms with Crippen molar-refractivity contribution in [3.05, 3.63) is 104 Å². The zero-order valence-corrected chi connectivity index (χ0v) is 22.6. The zero-order valence-electron chi connectivity index (χ0n) is 21.9. The summed E-state index contributed by atoms with van der Waals surface area (Å²) in [5, 5.41) is 24.8. The Labute approximate surface area is 239 Å². The molecule has 0 atom stereocenters. The van der Waals surface area contributed by atoms with E-state index >= 15 is 0 Å². The number of benzene rings is 3. The number of methoxy groups -OCH3 is 2. The summed E-state index contributed by atoms with van der Waals surface area (Å²) >= 11 is 6.61. The van der Waals surface area contributed by atoms with Gasteiger partial charge < -0.3 is 37.4 Å². The summed E-state index contributed by atoms with van der Waals surface area (Å²) in [5.74, 6) is -2.18. The van der Waals surface area contributed by atoms with Gasteiger partial charge in [-0.3, -0.25) is 0 Å². The molecule has 42 heavy (non-hydrogen) atoms. The second-order valence-corrected chi connectivity index (χ2v) is 9.90. The molecule has 0 amide bonds. The minimum Gasteiger partial charge on any atom is -0.506 e. The lowest BCUT2D eigenvalue weighted by Gasteiger charge is -2.21. The van der Waals surface area contributed by atoms with Crippen LogP contribution in [0.5, 0.6) is 23.0 Å². The van der Waals surface area contributed by atoms with Gasteiger partial charge in [0.2, 0.25) is 0 Å². The van der Waals surface area contributed by atoms with Crippen molar-refractivity contribution in [2.24, 2.45) is 0 Å². The molecular formula is C31H19ClO10. The molecule has 0 unspecified atom stereocenters. The van der Waals surface area contributed by atoms with E-state index in [1.54, 1.807) is 36.4 Å². The third-order valence-electron chi connectivity index (χ3n) is 7.38. The molecular weight excluding hydrogens is 568 g/mol. The Morgan fingerprint density at radius 1 is 0.714 bits per heavy atom. The van der Waals surface area contributed by atoms with Gasteiger partial charge in [-0.15, -0.1) is 0 Å². The first-order valence-electron chi connectivity index (χ1n) is 12.6. The first kappa shape index (κ1) is 25.6. The average Bonchev–Trinajstić information content (AvgIpc) is 3.64. The molecule has 0 aliphatic rings. The number of aromatic hydroxyl groups is 2. The van der Waals surface area contributed by atoms with Crippen molar-refractivity contribution in [3.63, 3.8) is 0 Å². The van der Waals surface area contributed by atoms with Gasteiger partial charge in [-0.1, -0.05) is 29.8 Å². The molecule has 2 N–H and O–H groups in total. The summed E-state index contributed by atoms with van der Waals surface area (Å²) in [7, 11) is 2.79. The fourth-order valence-electron chi connectivity index (χ4n) is 5.60. The van der Waals surface area contributed by atoms with Crippen LogP contribution in [0.4, 0.5) is 0 Å². The van der Waals surface area contributed by atoms with Gasteiger partial charge in [-0.25, -0.2) is 9.59 Å². The Morgan fingerprint density at radius 2 is 1.19 bits per heavy atom. The predicted molar refractivity (Wildman–Crippen MR) is 153 cm³/mol. The van der Waals surface area contributed by atoms with Crippen molar-refractivity contribution in [2.75, 3.05) is 14.2 Å². The van der Waals surface area contributed by atoms with Gasteiger partial charge in [0.25, 0.3) is 0 Å². The molecule has 7 rings (SSSR count). The third-order valence-corrected chi connectivity index (χ3v) is 7.73. The number of rotatable bonds is 5. The SMILES string of the molecule is COc1c2ccoc2cc2oc(=O)c(C(c3ccccc3Cl)c3c(O)c4c(OC)c5ccoc5cc4oc3=O)c(O)c12. The maximum atomic E-state index is 13.7. The molecule has 210 valence electrons. The number of hydrogen-bond donors (Lipinski definition) is 2. The molecule has 4 aromatic heterocycles. The summed E-state index contributed by atoms with van der Waals surface area (Å²) in [5.41, 5.74) is -1.82. The van der Waals surface area contributed by atoms with Crippen LogP contribution in [0.1, 0.15) is 22.6 Å². The van der Waals surface area contributed by atoms with Crippen LogP contribution in [0.3, 0.4) is 0 Å². The molecule has 11 heteroatoms. The first-order chi connectivity index (χ1) is 20.3. The standard InChI is InChI=1S/C31H19ClO10/c1-37-28-14-7-9-39-17(14)11-19-22(28)26(33)24(30(35)41-19)21(13-5-3-4-6-16(13)32)25-27(34)23-20(42-31(25)36)12-18-15(8-10-40-18)29(23)38-2/h3-12,21,33-34H,1-2H3. The van der Waals surface area contributed by atoms with Crippen LogP contribution in [0.15, 0.2) is 88.3 Å². The second kappa shape index (κ2) is 9.35. The van der Waals surface area contributed by atoms with Gasteiger partial charge in [-0.2, -0.15) is 0 Å². The van der Waals surface area contributed by atoms with Crippen LogP contribution in [-0.4, -0.2) is 24.4 Å². The highest BCUT2D eigenvalue weighted by molar-refractivity contribution is 6.31. The van der Waals surface area contributed by atoms with E-state index in [4.69, 9.17) is 38.7 Å². The lowest BCUT2D eigenvalue weighted by atomic mass is 9.84. The molecule has 4 heterocycles. The van der Waals surface area contributed by atoms with E-state index in [0.717, 1.165) is 0 Å². The molecule has 0 bridgehead atoms. The first-order valence-corrected chi connectivity index (χ1v) is 12.9. The summed E-state index contributed by atoms with van der Waals surface area (Å²) in [4.78, 5) is 27.4. The molecule has 0 fully saturated rings. The van der Waals surface area contributed by atoms with Gasteiger partial charge in [0.15, 0.2) is 0 Å². The van der Waals surface area contributed by atoms with Crippen molar-refractivity contribution in [2.45, 2.75) is 5.92 Å². The molecule has 0 aliphatic carbocycles. The number of fused-ring (bicyclic) bond motifs is 4. The van der Waals surface area contributed by atoms with Gasteiger partial charge in [0, 0.05) is 17.2 Å². The average molecular weight is 587 g/mol. The molecule has 7 aromatic rings. The van der Waals surface area contributed by atoms with Gasteiger partial charge in [0.05, 0.1) is 54.6 Å². The van der Waals surface area contributed by atoms with Crippen LogP contribution in [0, 0.1) is 0 Å². The largest absolute Gasteiger partial charge is 0.506 e. The van der Waals surface area contributed by atoms with E-state index < -0.39 is 28.7 Å². The lowest BCUT2D eigenvalue weighted by Crippen LogP contribution is -2.21. The van der Waals surface area contributed by atoms with Crippen molar-refractivity contribution in [1.82, 2.24) is 0 Å². The maximum absolute atomic E-state index is 13.7. The third kappa shape index (κ3) is 3.52. The van der Waals surface area contributed by atoms with Gasteiger partial charge >= 0.3 is 11.3 Å². The predicted octanol–water partition coefficient (Wildman–Crippen LogP) is 6.65. The van der Waals surface area contributed by atoms with Crippen molar-refractivity contribution >= 4 is 55.5 Å². The Morgan fingerprint density at radius 3 is 1.64 bits per heavy atom. The zero-order chi connectivity index (χ0) is 29.3. The monoisotopic (exact) mass is 586 g/mol. The van der Waals surface area contributed by atoms with Crippen molar-refractivity contribution < 1.29 is 37.4 Å². The lowest BCUT2D eigenvalue weighted by molar-refractivity contribution is 0.412. The van der Waals surface area contributed by atoms with Crippen LogP contribution in [-0.2, 0) is 0 Å². The molecule has 10 nitrogen and oxygen atoms in total. The summed E-state index contributed by atoms with van der Waals surface area (Å²) < 4.78 is 33.4. The number of furan rings is 2. The summed E-state index contributed by atoms with van der Waals surface area (Å²) in [6.07, 6.45) is 2.86. The van der Waals surface area contributed by atoms with Crippen LogP contribution >= 0.6 is 11.6 Å². The van der Waals surface area contributed by atoms with Crippen LogP contribution in [0.2, 0.25) is 5.02 Å². The second-order valence-electron chi connectivity index (χ2n) is 9.49. The Bertz CT molecular complexity index is 2180. The molecule has 0 spiro atoms. The quantitative estimate of drug-likeness (QED) is 0.210. The summed E-state index contributed by atoms with van der Waals surface area (Å²) in [6, 6.07) is 12.6. The molecule has 0 radical (unpaired) electrons. The van der Waals surface area contributed by atoms with E-state index in [1.807, 2.05) is 0 Å². The fourth-order valence-corrected chi connectivity index (χ4v) is 5.84.